The molecule has 3 rings (SSSR count). The molecule has 1 aliphatic rings. The van der Waals surface area contributed by atoms with Gasteiger partial charge in [-0.2, -0.15) is 4.80 Å². The van der Waals surface area contributed by atoms with Gasteiger partial charge >= 0.3 is 0 Å². The van der Waals surface area contributed by atoms with E-state index in [1.165, 1.54) is 23.4 Å². The molecule has 1 aromatic carbocycles. The fourth-order valence-corrected chi connectivity index (χ4v) is 3.56. The molecule has 1 aliphatic carbocycles. The molecule has 0 spiro atoms. The molecular formula is C19H26FN5O. The Morgan fingerprint density at radius 2 is 2.08 bits per heavy atom. The van der Waals surface area contributed by atoms with Gasteiger partial charge in [-0.3, -0.25) is 4.79 Å². The third-order valence-corrected chi connectivity index (χ3v) is 5.10. The van der Waals surface area contributed by atoms with Crippen molar-refractivity contribution in [2.45, 2.75) is 58.5 Å². The van der Waals surface area contributed by atoms with E-state index in [0.29, 0.717) is 17.3 Å². The maximum atomic E-state index is 13.4. The highest BCUT2D eigenvalue weighted by atomic mass is 19.1. The molecule has 1 heterocycles. The Morgan fingerprint density at radius 3 is 2.77 bits per heavy atom. The maximum Gasteiger partial charge on any atom is 0.247 e. The second-order valence-electron chi connectivity index (χ2n) is 7.51. The van der Waals surface area contributed by atoms with E-state index in [4.69, 9.17) is 0 Å². The van der Waals surface area contributed by atoms with Crippen molar-refractivity contribution in [1.82, 2.24) is 25.5 Å². The summed E-state index contributed by atoms with van der Waals surface area (Å²) >= 11 is 0. The van der Waals surface area contributed by atoms with E-state index in [0.717, 1.165) is 19.3 Å². The van der Waals surface area contributed by atoms with Gasteiger partial charge in [0.05, 0.1) is 0 Å². The quantitative estimate of drug-likeness (QED) is 0.888. The lowest BCUT2D eigenvalue weighted by atomic mass is 9.85. The van der Waals surface area contributed by atoms with Gasteiger partial charge in [0.2, 0.25) is 11.7 Å². The summed E-state index contributed by atoms with van der Waals surface area (Å²) in [6, 6.07) is 5.70. The van der Waals surface area contributed by atoms with Crippen molar-refractivity contribution in [3.63, 3.8) is 0 Å². The molecule has 6 nitrogen and oxygen atoms in total. The van der Waals surface area contributed by atoms with Crippen molar-refractivity contribution in [3.8, 4) is 11.4 Å². The first-order valence-electron chi connectivity index (χ1n) is 9.31. The van der Waals surface area contributed by atoms with E-state index in [1.54, 1.807) is 12.1 Å². The predicted molar refractivity (Wildman–Crippen MR) is 96.6 cm³/mol. The molecule has 1 amide bonds. The number of nitrogens with zero attached hydrogens (tertiary/aromatic N) is 4. The van der Waals surface area contributed by atoms with E-state index < -0.39 is 6.04 Å². The Hall–Kier alpha value is -2.31. The van der Waals surface area contributed by atoms with Gasteiger partial charge in [0.1, 0.15) is 5.82 Å². The fraction of sp³-hybridized carbons (Fsp3) is 0.579. The Balaban J connectivity index is 1.78. The second-order valence-corrected chi connectivity index (χ2v) is 7.51. The third-order valence-electron chi connectivity index (χ3n) is 5.10. The largest absolute Gasteiger partial charge is 0.351 e. The summed E-state index contributed by atoms with van der Waals surface area (Å²) < 4.78 is 13.4. The Bertz CT molecular complexity index is 760. The number of nitrogens with one attached hydrogen (secondary N) is 1. The highest BCUT2D eigenvalue weighted by Crippen LogP contribution is 2.25. The zero-order valence-electron chi connectivity index (χ0n) is 15.5. The first-order valence-corrected chi connectivity index (χ1v) is 9.31. The number of hydrogen-bond donors (Lipinski definition) is 1. The van der Waals surface area contributed by atoms with Crippen molar-refractivity contribution in [2.75, 3.05) is 0 Å². The number of tetrazole rings is 1. The van der Waals surface area contributed by atoms with Gasteiger partial charge in [-0.15, -0.1) is 10.2 Å². The zero-order chi connectivity index (χ0) is 18.7. The van der Waals surface area contributed by atoms with Crippen LogP contribution in [0.25, 0.3) is 11.4 Å². The number of carbonyl (C=O) groups excluding carboxylic acids is 1. The second kappa shape index (κ2) is 7.93. The van der Waals surface area contributed by atoms with Crippen molar-refractivity contribution in [3.05, 3.63) is 30.1 Å². The first kappa shape index (κ1) is 18.5. The summed E-state index contributed by atoms with van der Waals surface area (Å²) in [6.45, 7) is 6.10. The molecule has 26 heavy (non-hydrogen) atoms. The number of benzene rings is 1. The molecule has 3 unspecified atom stereocenters. The summed E-state index contributed by atoms with van der Waals surface area (Å²) in [5.74, 6) is 0.356. The van der Waals surface area contributed by atoms with Gasteiger partial charge in [-0.1, -0.05) is 45.7 Å². The molecule has 0 bridgehead atoms. The molecule has 1 N–H and O–H groups in total. The number of carbonyl (C=O) groups is 1. The molecule has 1 aromatic heterocycles. The topological polar surface area (TPSA) is 72.7 Å². The maximum absolute atomic E-state index is 13.4. The van der Waals surface area contributed by atoms with Gasteiger partial charge in [0.15, 0.2) is 6.04 Å². The molecule has 7 heteroatoms. The molecule has 3 atom stereocenters. The Kier molecular flexibility index (Phi) is 5.64. The monoisotopic (exact) mass is 359 g/mol. The lowest BCUT2D eigenvalue weighted by Gasteiger charge is -2.31. The van der Waals surface area contributed by atoms with Crippen LogP contribution < -0.4 is 5.32 Å². The fourth-order valence-electron chi connectivity index (χ4n) is 3.56. The van der Waals surface area contributed by atoms with Gasteiger partial charge in [-0.25, -0.2) is 4.39 Å². The average Bonchev–Trinajstić information content (AvgIpc) is 3.06. The van der Waals surface area contributed by atoms with Crippen molar-refractivity contribution < 1.29 is 9.18 Å². The van der Waals surface area contributed by atoms with Crippen LogP contribution in [0.3, 0.4) is 0 Å². The van der Waals surface area contributed by atoms with Gasteiger partial charge in [0.25, 0.3) is 0 Å². The molecule has 0 aliphatic heterocycles. The van der Waals surface area contributed by atoms with Crippen molar-refractivity contribution in [2.24, 2.45) is 11.8 Å². The van der Waals surface area contributed by atoms with E-state index in [2.05, 4.69) is 27.7 Å². The number of halogens is 1. The molecule has 0 saturated heterocycles. The minimum atomic E-state index is -0.543. The lowest BCUT2D eigenvalue weighted by molar-refractivity contribution is -0.127. The van der Waals surface area contributed by atoms with Gasteiger partial charge in [-0.05, 0) is 42.0 Å². The van der Waals surface area contributed by atoms with Gasteiger partial charge in [0, 0.05) is 11.6 Å². The molecule has 2 aromatic rings. The van der Waals surface area contributed by atoms with Crippen molar-refractivity contribution >= 4 is 5.91 Å². The standard InChI is InChI=1S/C19H26FN5O/c1-12(2)17(19(26)21-16-10-5-4-7-13(16)3)25-23-18(22-24-25)14-8-6-9-15(20)11-14/h6,8-9,11-13,16-17H,4-5,7,10H2,1-3H3,(H,21,26). The summed E-state index contributed by atoms with van der Waals surface area (Å²) in [5.41, 5.74) is 0.542. The van der Waals surface area contributed by atoms with Crippen LogP contribution in [0.15, 0.2) is 24.3 Å². The van der Waals surface area contributed by atoms with Crippen LogP contribution in [0.5, 0.6) is 0 Å². The summed E-state index contributed by atoms with van der Waals surface area (Å²) in [6.07, 6.45) is 4.52. The zero-order valence-corrected chi connectivity index (χ0v) is 15.5. The third kappa shape index (κ3) is 4.08. The van der Waals surface area contributed by atoms with Crippen LogP contribution >= 0.6 is 0 Å². The molecule has 0 radical (unpaired) electrons. The summed E-state index contributed by atoms with van der Waals surface area (Å²) in [5, 5.41) is 15.6. The molecule has 140 valence electrons. The van der Waals surface area contributed by atoms with E-state index in [9.17, 15) is 9.18 Å². The minimum absolute atomic E-state index is 0.00320. The van der Waals surface area contributed by atoms with Crippen LogP contribution in [0.1, 0.15) is 52.5 Å². The average molecular weight is 359 g/mol. The van der Waals surface area contributed by atoms with Crippen molar-refractivity contribution in [1.29, 1.82) is 0 Å². The SMILES string of the molecule is CC(C)C(C(=O)NC1CCCCC1C)n1nnc(-c2cccc(F)c2)n1. The van der Waals surface area contributed by atoms with E-state index >= 15 is 0 Å². The number of amides is 1. The predicted octanol–water partition coefficient (Wildman–Crippen LogP) is 3.37. The summed E-state index contributed by atoms with van der Waals surface area (Å²) in [4.78, 5) is 14.3. The van der Waals surface area contributed by atoms with Crippen LogP contribution in [0.2, 0.25) is 0 Å². The highest BCUT2D eigenvalue weighted by Gasteiger charge is 2.31. The molecular weight excluding hydrogens is 333 g/mol. The lowest BCUT2D eigenvalue weighted by Crippen LogP contribution is -2.45. The summed E-state index contributed by atoms with van der Waals surface area (Å²) in [7, 11) is 0. The van der Waals surface area contributed by atoms with Gasteiger partial charge < -0.3 is 5.32 Å². The Morgan fingerprint density at radius 1 is 1.31 bits per heavy atom. The van der Waals surface area contributed by atoms with Crippen LogP contribution in [-0.2, 0) is 4.79 Å². The van der Waals surface area contributed by atoms with E-state index in [-0.39, 0.29) is 23.7 Å². The number of rotatable bonds is 5. The number of hydrogen-bond acceptors (Lipinski definition) is 4. The first-order chi connectivity index (χ1) is 12.5. The van der Waals surface area contributed by atoms with Crippen LogP contribution in [-0.4, -0.2) is 32.2 Å². The molecule has 1 fully saturated rings. The molecule has 1 saturated carbocycles. The van der Waals surface area contributed by atoms with Crippen LogP contribution in [0, 0.1) is 17.7 Å². The smallest absolute Gasteiger partial charge is 0.247 e. The van der Waals surface area contributed by atoms with E-state index in [1.807, 2.05) is 13.8 Å². The highest BCUT2D eigenvalue weighted by molar-refractivity contribution is 5.80. The Labute approximate surface area is 153 Å². The minimum Gasteiger partial charge on any atom is -0.351 e. The van der Waals surface area contributed by atoms with Crippen LogP contribution in [0.4, 0.5) is 4.39 Å². The number of aromatic nitrogens is 4. The normalized spacial score (nSPS) is 21.6.